The highest BCUT2D eigenvalue weighted by molar-refractivity contribution is 9.10. The quantitative estimate of drug-likeness (QED) is 0.670. The number of carbonyl (C=O) groups excluding carboxylic acids is 1. The zero-order valence-corrected chi connectivity index (χ0v) is 18.6. The molecule has 0 radical (unpaired) electrons. The first kappa shape index (κ1) is 22.3. The van der Waals surface area contributed by atoms with Crippen LogP contribution in [0.3, 0.4) is 0 Å². The van der Waals surface area contributed by atoms with Crippen molar-refractivity contribution in [3.8, 4) is 0 Å². The molecule has 1 aromatic heterocycles. The maximum atomic E-state index is 12.6. The Kier molecular flexibility index (Phi) is 7.19. The highest BCUT2D eigenvalue weighted by Crippen LogP contribution is 2.18. The predicted molar refractivity (Wildman–Crippen MR) is 110 cm³/mol. The first-order valence-electron chi connectivity index (χ1n) is 8.53. The highest BCUT2D eigenvalue weighted by atomic mass is 79.9. The van der Waals surface area contributed by atoms with Crippen LogP contribution in [0.5, 0.6) is 0 Å². The summed E-state index contributed by atoms with van der Waals surface area (Å²) in [6, 6.07) is 6.16. The molecule has 152 valence electrons. The molecule has 1 amide bonds. The van der Waals surface area contributed by atoms with Gasteiger partial charge in [0.2, 0.25) is 5.43 Å². The number of sulfone groups is 1. The number of amides is 1. The molecular formula is C19H23BrN2O5S. The second-order valence-electron chi connectivity index (χ2n) is 6.58. The van der Waals surface area contributed by atoms with E-state index in [-0.39, 0.29) is 28.5 Å². The number of carbonyl (C=O) groups is 1. The average Bonchev–Trinajstić information content (AvgIpc) is 2.64. The van der Waals surface area contributed by atoms with Gasteiger partial charge in [0, 0.05) is 31.8 Å². The maximum absolute atomic E-state index is 12.6. The van der Waals surface area contributed by atoms with Crippen LogP contribution >= 0.6 is 15.9 Å². The lowest BCUT2D eigenvalue weighted by Gasteiger charge is -2.20. The molecule has 28 heavy (non-hydrogen) atoms. The number of benzene rings is 1. The lowest BCUT2D eigenvalue weighted by molar-refractivity contribution is 0.0948. The van der Waals surface area contributed by atoms with Gasteiger partial charge >= 0.3 is 0 Å². The van der Waals surface area contributed by atoms with Crippen LogP contribution in [0.15, 0.2) is 44.6 Å². The van der Waals surface area contributed by atoms with Crippen molar-refractivity contribution in [2.75, 3.05) is 20.0 Å². The smallest absolute Gasteiger partial charge is 0.257 e. The monoisotopic (exact) mass is 470 g/mol. The average molecular weight is 471 g/mol. The van der Waals surface area contributed by atoms with Crippen LogP contribution in [0.2, 0.25) is 0 Å². The molecule has 0 fully saturated rings. The number of methoxy groups -OCH3 is 1. The van der Waals surface area contributed by atoms with Crippen LogP contribution in [-0.4, -0.2) is 38.9 Å². The van der Waals surface area contributed by atoms with E-state index in [1.54, 1.807) is 26.2 Å². The Morgan fingerprint density at radius 3 is 2.43 bits per heavy atom. The molecule has 0 saturated carbocycles. The van der Waals surface area contributed by atoms with E-state index in [4.69, 9.17) is 4.74 Å². The molecule has 0 bridgehead atoms. The molecule has 2 rings (SSSR count). The Morgan fingerprint density at radius 1 is 1.29 bits per heavy atom. The number of rotatable bonds is 7. The number of hydrogen-bond donors (Lipinski definition) is 1. The third-order valence-corrected chi connectivity index (χ3v) is 6.41. The van der Waals surface area contributed by atoms with Crippen molar-refractivity contribution in [2.24, 2.45) is 0 Å². The van der Waals surface area contributed by atoms with Gasteiger partial charge in [-0.3, -0.25) is 9.59 Å². The highest BCUT2D eigenvalue weighted by Gasteiger charge is 2.19. The summed E-state index contributed by atoms with van der Waals surface area (Å²) < 4.78 is 30.3. The van der Waals surface area contributed by atoms with Gasteiger partial charge in [-0.25, -0.2) is 8.42 Å². The molecule has 0 aliphatic carbocycles. The van der Waals surface area contributed by atoms with Gasteiger partial charge in [-0.15, -0.1) is 0 Å². The lowest BCUT2D eigenvalue weighted by atomic mass is 10.2. The van der Waals surface area contributed by atoms with Crippen LogP contribution in [0, 0.1) is 6.92 Å². The van der Waals surface area contributed by atoms with Crippen LogP contribution in [0.25, 0.3) is 0 Å². The summed E-state index contributed by atoms with van der Waals surface area (Å²) in [5.41, 5.74) is 1.07. The standard InChI is InChI=1S/C19H23BrN2O5S/c1-12(11-27-3)22-10-16(18(23)17(20)13(22)2)19(24)21-9-14-5-7-15(8-6-14)28(4,25)26/h5-8,10,12H,9,11H2,1-4H3,(H,21,24)/t12-/m0/s1. The molecule has 7 nitrogen and oxygen atoms in total. The topological polar surface area (TPSA) is 94.5 Å². The zero-order valence-electron chi connectivity index (χ0n) is 16.2. The van der Waals surface area contributed by atoms with Crippen molar-refractivity contribution in [3.63, 3.8) is 0 Å². The molecule has 1 heterocycles. The molecule has 1 atom stereocenters. The van der Waals surface area contributed by atoms with E-state index in [9.17, 15) is 18.0 Å². The summed E-state index contributed by atoms with van der Waals surface area (Å²) in [7, 11) is -1.68. The summed E-state index contributed by atoms with van der Waals surface area (Å²) in [5.74, 6) is -0.503. The third-order valence-electron chi connectivity index (χ3n) is 4.35. The largest absolute Gasteiger partial charge is 0.383 e. The van der Waals surface area contributed by atoms with Crippen LogP contribution in [0.4, 0.5) is 0 Å². The van der Waals surface area contributed by atoms with Crippen molar-refractivity contribution >= 4 is 31.7 Å². The summed E-state index contributed by atoms with van der Waals surface area (Å²) in [4.78, 5) is 25.3. The first-order chi connectivity index (χ1) is 13.1. The number of nitrogens with one attached hydrogen (secondary N) is 1. The van der Waals surface area contributed by atoms with Crippen molar-refractivity contribution in [2.45, 2.75) is 31.3 Å². The lowest BCUT2D eigenvalue weighted by Crippen LogP contribution is -2.31. The molecule has 1 aromatic carbocycles. The van der Waals surface area contributed by atoms with Gasteiger partial charge in [0.15, 0.2) is 9.84 Å². The Bertz CT molecular complexity index is 1030. The summed E-state index contributed by atoms with van der Waals surface area (Å²) >= 11 is 3.28. The Balaban J connectivity index is 2.23. The molecule has 0 aliphatic heterocycles. The molecule has 0 saturated heterocycles. The Hall–Kier alpha value is -1.97. The summed E-state index contributed by atoms with van der Waals surface area (Å²) in [6.07, 6.45) is 2.67. The fourth-order valence-corrected chi connectivity index (χ4v) is 3.81. The van der Waals surface area contributed by atoms with E-state index in [1.807, 2.05) is 11.5 Å². The van der Waals surface area contributed by atoms with E-state index >= 15 is 0 Å². The van der Waals surface area contributed by atoms with E-state index in [0.29, 0.717) is 16.8 Å². The van der Waals surface area contributed by atoms with Crippen molar-refractivity contribution < 1.29 is 17.9 Å². The minimum atomic E-state index is -3.27. The van der Waals surface area contributed by atoms with Crippen LogP contribution < -0.4 is 10.7 Å². The zero-order chi connectivity index (χ0) is 21.1. The van der Waals surface area contributed by atoms with Gasteiger partial charge in [0.25, 0.3) is 5.91 Å². The second kappa shape index (κ2) is 9.02. The van der Waals surface area contributed by atoms with E-state index in [1.165, 1.54) is 18.3 Å². The number of hydrogen-bond acceptors (Lipinski definition) is 5. The number of ether oxygens (including phenoxy) is 1. The maximum Gasteiger partial charge on any atom is 0.257 e. The number of pyridine rings is 1. The molecule has 1 N–H and O–H groups in total. The van der Waals surface area contributed by atoms with Crippen molar-refractivity contribution in [3.05, 3.63) is 62.0 Å². The van der Waals surface area contributed by atoms with Crippen molar-refractivity contribution in [1.82, 2.24) is 9.88 Å². The van der Waals surface area contributed by atoms with E-state index in [2.05, 4.69) is 21.2 Å². The summed E-state index contributed by atoms with van der Waals surface area (Å²) in [6.45, 7) is 4.33. The third kappa shape index (κ3) is 5.09. The molecule has 0 unspecified atom stereocenters. The number of nitrogens with zero attached hydrogens (tertiary/aromatic N) is 1. The van der Waals surface area contributed by atoms with Crippen LogP contribution in [-0.2, 0) is 21.1 Å². The summed E-state index contributed by atoms with van der Waals surface area (Å²) in [5, 5.41) is 2.71. The normalized spacial score (nSPS) is 12.6. The van der Waals surface area contributed by atoms with Gasteiger partial charge in [0.05, 0.1) is 22.0 Å². The number of halogens is 1. The molecular weight excluding hydrogens is 448 g/mol. The predicted octanol–water partition coefficient (Wildman–Crippen LogP) is 2.46. The van der Waals surface area contributed by atoms with Gasteiger partial charge in [-0.2, -0.15) is 0 Å². The van der Waals surface area contributed by atoms with E-state index < -0.39 is 15.7 Å². The molecule has 0 spiro atoms. The van der Waals surface area contributed by atoms with Crippen molar-refractivity contribution in [1.29, 1.82) is 0 Å². The van der Waals surface area contributed by atoms with Gasteiger partial charge in [-0.1, -0.05) is 12.1 Å². The van der Waals surface area contributed by atoms with Gasteiger partial charge < -0.3 is 14.6 Å². The minimum Gasteiger partial charge on any atom is -0.383 e. The second-order valence-corrected chi connectivity index (χ2v) is 9.39. The molecule has 9 heteroatoms. The Morgan fingerprint density at radius 2 is 1.89 bits per heavy atom. The van der Waals surface area contributed by atoms with Crippen LogP contribution in [0.1, 0.15) is 34.6 Å². The first-order valence-corrected chi connectivity index (χ1v) is 11.2. The fraction of sp³-hybridized carbons (Fsp3) is 0.368. The SMILES string of the molecule is COC[C@H](C)n1cc(C(=O)NCc2ccc(S(C)(=O)=O)cc2)c(=O)c(Br)c1C. The van der Waals surface area contributed by atoms with Gasteiger partial charge in [-0.05, 0) is 47.5 Å². The molecule has 2 aromatic rings. The fourth-order valence-electron chi connectivity index (χ4n) is 2.76. The number of aromatic nitrogens is 1. The minimum absolute atomic E-state index is 0.0215. The molecule has 0 aliphatic rings. The van der Waals surface area contributed by atoms with Gasteiger partial charge in [0.1, 0.15) is 5.56 Å². The van der Waals surface area contributed by atoms with E-state index in [0.717, 1.165) is 11.8 Å². The Labute approximate surface area is 172 Å².